The molecule has 0 aromatic rings. The predicted molar refractivity (Wildman–Crippen MR) is 83.2 cm³/mol. The number of nitrogens with one attached hydrogen (secondary N) is 3. The minimum atomic E-state index is -2.99. The number of rotatable bonds is 5. The van der Waals surface area contributed by atoms with Gasteiger partial charge in [0.2, 0.25) is 5.91 Å². The second-order valence-electron chi connectivity index (χ2n) is 6.15. The summed E-state index contributed by atoms with van der Waals surface area (Å²) in [5.74, 6) is -0.0611. The van der Waals surface area contributed by atoms with E-state index in [1.54, 1.807) is 0 Å². The summed E-state index contributed by atoms with van der Waals surface area (Å²) in [7, 11) is -2.99. The SMILES string of the molecule is O=C(CCNC(=O)NC1CCCCC1)N[C@H]1CCS(=O)(=O)C1. The van der Waals surface area contributed by atoms with Gasteiger partial charge in [0, 0.05) is 25.0 Å². The summed E-state index contributed by atoms with van der Waals surface area (Å²) in [6, 6.07) is -0.275. The average molecular weight is 331 g/mol. The molecule has 0 unspecified atom stereocenters. The van der Waals surface area contributed by atoms with Crippen LogP contribution >= 0.6 is 0 Å². The minimum absolute atomic E-state index is 0.0222. The van der Waals surface area contributed by atoms with Crippen LogP contribution < -0.4 is 16.0 Å². The van der Waals surface area contributed by atoms with Crippen molar-refractivity contribution in [1.82, 2.24) is 16.0 Å². The highest BCUT2D eigenvalue weighted by atomic mass is 32.2. The molecule has 1 saturated carbocycles. The molecule has 0 aromatic carbocycles. The molecule has 0 radical (unpaired) electrons. The Labute approximate surface area is 131 Å². The smallest absolute Gasteiger partial charge is 0.315 e. The number of urea groups is 1. The third-order valence-corrected chi connectivity index (χ3v) is 5.94. The first-order chi connectivity index (χ1) is 10.4. The maximum atomic E-state index is 11.7. The standard InChI is InChI=1S/C14H25N3O4S/c18-13(16-12-7-9-22(20,21)10-12)6-8-15-14(19)17-11-4-2-1-3-5-11/h11-12H,1-10H2,(H,16,18)(H2,15,17,19)/t12-/m0/s1. The topological polar surface area (TPSA) is 104 Å². The zero-order valence-corrected chi connectivity index (χ0v) is 13.6. The fraction of sp³-hybridized carbons (Fsp3) is 0.857. The molecule has 2 rings (SSSR count). The van der Waals surface area contributed by atoms with Crippen molar-refractivity contribution in [3.05, 3.63) is 0 Å². The number of amides is 3. The summed E-state index contributed by atoms with van der Waals surface area (Å²) in [5.41, 5.74) is 0. The van der Waals surface area contributed by atoms with Gasteiger partial charge < -0.3 is 16.0 Å². The van der Waals surface area contributed by atoms with Crippen LogP contribution in [0.1, 0.15) is 44.9 Å². The van der Waals surface area contributed by atoms with Gasteiger partial charge in [-0.3, -0.25) is 4.79 Å². The van der Waals surface area contributed by atoms with Crippen LogP contribution in [0.2, 0.25) is 0 Å². The van der Waals surface area contributed by atoms with Gasteiger partial charge in [-0.25, -0.2) is 13.2 Å². The zero-order valence-electron chi connectivity index (χ0n) is 12.8. The molecule has 0 spiro atoms. The third kappa shape index (κ3) is 5.82. The normalized spacial score (nSPS) is 24.6. The lowest BCUT2D eigenvalue weighted by Crippen LogP contribution is -2.44. The van der Waals surface area contributed by atoms with Crippen LogP contribution in [-0.2, 0) is 14.6 Å². The number of carbonyl (C=O) groups excluding carboxylic acids is 2. The fourth-order valence-electron chi connectivity index (χ4n) is 2.98. The van der Waals surface area contributed by atoms with Crippen LogP contribution in [-0.4, -0.2) is 50.5 Å². The Morgan fingerprint density at radius 1 is 0.955 bits per heavy atom. The highest BCUT2D eigenvalue weighted by molar-refractivity contribution is 7.91. The zero-order chi connectivity index (χ0) is 16.0. The molecule has 1 aliphatic heterocycles. The Kier molecular flexibility index (Phi) is 6.05. The first-order valence-corrected chi connectivity index (χ1v) is 9.81. The van der Waals surface area contributed by atoms with E-state index in [0.717, 1.165) is 25.7 Å². The summed E-state index contributed by atoms with van der Waals surface area (Å²) < 4.78 is 22.6. The molecule has 126 valence electrons. The molecule has 2 fully saturated rings. The van der Waals surface area contributed by atoms with E-state index in [4.69, 9.17) is 0 Å². The molecule has 3 N–H and O–H groups in total. The predicted octanol–water partition coefficient (Wildman–Crippen LogP) is 0.312. The van der Waals surface area contributed by atoms with Crippen LogP contribution in [0.4, 0.5) is 4.79 Å². The van der Waals surface area contributed by atoms with Crippen molar-refractivity contribution in [3.63, 3.8) is 0 Å². The summed E-state index contributed by atoms with van der Waals surface area (Å²) in [6.07, 6.45) is 6.21. The van der Waals surface area contributed by atoms with E-state index in [9.17, 15) is 18.0 Å². The van der Waals surface area contributed by atoms with Gasteiger partial charge in [-0.1, -0.05) is 19.3 Å². The average Bonchev–Trinajstić information content (AvgIpc) is 2.79. The van der Waals surface area contributed by atoms with E-state index in [2.05, 4.69) is 16.0 Å². The molecule has 8 heteroatoms. The molecule has 0 bridgehead atoms. The fourth-order valence-corrected chi connectivity index (χ4v) is 4.65. The van der Waals surface area contributed by atoms with Crippen molar-refractivity contribution < 1.29 is 18.0 Å². The van der Waals surface area contributed by atoms with Crippen molar-refractivity contribution >= 4 is 21.8 Å². The second-order valence-corrected chi connectivity index (χ2v) is 8.38. The van der Waals surface area contributed by atoms with Gasteiger partial charge >= 0.3 is 6.03 Å². The first kappa shape index (κ1) is 17.1. The Bertz CT molecular complexity index is 500. The molecule has 1 atom stereocenters. The van der Waals surface area contributed by atoms with Crippen molar-refractivity contribution in [2.45, 2.75) is 57.0 Å². The monoisotopic (exact) mass is 331 g/mol. The summed E-state index contributed by atoms with van der Waals surface area (Å²) in [6.45, 7) is 0.254. The number of hydrogen-bond acceptors (Lipinski definition) is 4. The first-order valence-electron chi connectivity index (χ1n) is 7.99. The summed E-state index contributed by atoms with van der Waals surface area (Å²) >= 11 is 0. The Hall–Kier alpha value is -1.31. The van der Waals surface area contributed by atoms with Crippen molar-refractivity contribution in [2.75, 3.05) is 18.1 Å². The third-order valence-electron chi connectivity index (χ3n) is 4.18. The van der Waals surface area contributed by atoms with Crippen LogP contribution in [0.15, 0.2) is 0 Å². The molecular formula is C14H25N3O4S. The van der Waals surface area contributed by atoms with Gasteiger partial charge in [-0.15, -0.1) is 0 Å². The van der Waals surface area contributed by atoms with E-state index in [1.807, 2.05) is 0 Å². The minimum Gasteiger partial charge on any atom is -0.352 e. The Balaban J connectivity index is 1.57. The Morgan fingerprint density at radius 3 is 2.32 bits per heavy atom. The van der Waals surface area contributed by atoms with Crippen molar-refractivity contribution in [2.24, 2.45) is 0 Å². The number of hydrogen-bond donors (Lipinski definition) is 3. The van der Waals surface area contributed by atoms with Gasteiger partial charge in [-0.2, -0.15) is 0 Å². The highest BCUT2D eigenvalue weighted by Crippen LogP contribution is 2.17. The molecular weight excluding hydrogens is 306 g/mol. The van der Waals surface area contributed by atoms with Crippen LogP contribution in [0.5, 0.6) is 0 Å². The molecule has 7 nitrogen and oxygen atoms in total. The van der Waals surface area contributed by atoms with E-state index < -0.39 is 9.84 Å². The van der Waals surface area contributed by atoms with E-state index >= 15 is 0 Å². The number of carbonyl (C=O) groups is 2. The summed E-state index contributed by atoms with van der Waals surface area (Å²) in [4.78, 5) is 23.4. The summed E-state index contributed by atoms with van der Waals surface area (Å²) in [5, 5.41) is 8.29. The van der Waals surface area contributed by atoms with Gasteiger partial charge in [0.25, 0.3) is 0 Å². The molecule has 3 amide bonds. The highest BCUT2D eigenvalue weighted by Gasteiger charge is 2.28. The quantitative estimate of drug-likeness (QED) is 0.674. The van der Waals surface area contributed by atoms with Crippen LogP contribution in [0.25, 0.3) is 0 Å². The number of sulfone groups is 1. The van der Waals surface area contributed by atoms with E-state index in [0.29, 0.717) is 6.42 Å². The molecule has 1 aliphatic carbocycles. The van der Waals surface area contributed by atoms with Gasteiger partial charge in [-0.05, 0) is 19.3 Å². The van der Waals surface area contributed by atoms with Gasteiger partial charge in [0.1, 0.15) is 0 Å². The van der Waals surface area contributed by atoms with Crippen molar-refractivity contribution in [3.8, 4) is 0 Å². The lowest BCUT2D eigenvalue weighted by Gasteiger charge is -2.22. The van der Waals surface area contributed by atoms with Crippen LogP contribution in [0, 0.1) is 0 Å². The Morgan fingerprint density at radius 2 is 1.68 bits per heavy atom. The van der Waals surface area contributed by atoms with E-state index in [1.165, 1.54) is 6.42 Å². The lowest BCUT2D eigenvalue weighted by molar-refractivity contribution is -0.121. The van der Waals surface area contributed by atoms with E-state index in [-0.39, 0.29) is 48.5 Å². The maximum Gasteiger partial charge on any atom is 0.315 e. The van der Waals surface area contributed by atoms with Crippen LogP contribution in [0.3, 0.4) is 0 Å². The molecule has 22 heavy (non-hydrogen) atoms. The lowest BCUT2D eigenvalue weighted by atomic mass is 9.96. The van der Waals surface area contributed by atoms with Crippen molar-refractivity contribution in [1.29, 1.82) is 0 Å². The second kappa shape index (κ2) is 7.80. The largest absolute Gasteiger partial charge is 0.352 e. The van der Waals surface area contributed by atoms with Gasteiger partial charge in [0.05, 0.1) is 11.5 Å². The molecule has 1 saturated heterocycles. The maximum absolute atomic E-state index is 11.7. The molecule has 1 heterocycles. The molecule has 2 aliphatic rings. The van der Waals surface area contributed by atoms with Gasteiger partial charge in [0.15, 0.2) is 9.84 Å². The molecule has 0 aromatic heterocycles.